The SMILES string of the molecule is COC1CCC(NC(=O)c2ccc(/C(N)=N/O)cn2)C1. The van der Waals surface area contributed by atoms with Gasteiger partial charge in [-0.05, 0) is 31.4 Å². The van der Waals surface area contributed by atoms with Crippen molar-refractivity contribution < 1.29 is 14.7 Å². The van der Waals surface area contributed by atoms with Crippen molar-refractivity contribution in [1.29, 1.82) is 0 Å². The first-order valence-corrected chi connectivity index (χ1v) is 6.41. The highest BCUT2D eigenvalue weighted by Crippen LogP contribution is 2.21. The van der Waals surface area contributed by atoms with E-state index in [0.29, 0.717) is 11.3 Å². The van der Waals surface area contributed by atoms with Gasteiger partial charge in [0.05, 0.1) is 6.10 Å². The van der Waals surface area contributed by atoms with Crippen molar-refractivity contribution in [3.05, 3.63) is 29.6 Å². The van der Waals surface area contributed by atoms with Crippen LogP contribution >= 0.6 is 0 Å². The number of ether oxygens (including phenoxy) is 1. The summed E-state index contributed by atoms with van der Waals surface area (Å²) in [6.07, 6.45) is 4.31. The number of nitrogens with zero attached hydrogens (tertiary/aromatic N) is 2. The number of nitrogens with one attached hydrogen (secondary N) is 1. The van der Waals surface area contributed by atoms with Crippen molar-refractivity contribution in [2.75, 3.05) is 7.11 Å². The third-order valence-electron chi connectivity index (χ3n) is 3.45. The maximum absolute atomic E-state index is 12.0. The van der Waals surface area contributed by atoms with E-state index in [2.05, 4.69) is 15.5 Å². The third kappa shape index (κ3) is 3.24. The van der Waals surface area contributed by atoms with Crippen LogP contribution in [0.15, 0.2) is 23.5 Å². The maximum atomic E-state index is 12.0. The molecule has 7 heteroatoms. The average Bonchev–Trinajstić information content (AvgIpc) is 2.94. The molecule has 1 aliphatic carbocycles. The highest BCUT2D eigenvalue weighted by atomic mass is 16.5. The molecule has 1 aromatic rings. The van der Waals surface area contributed by atoms with E-state index >= 15 is 0 Å². The molecule has 0 bridgehead atoms. The monoisotopic (exact) mass is 278 g/mol. The number of oxime groups is 1. The zero-order valence-corrected chi connectivity index (χ0v) is 11.2. The molecule has 0 radical (unpaired) electrons. The van der Waals surface area contributed by atoms with Gasteiger partial charge in [-0.15, -0.1) is 0 Å². The smallest absolute Gasteiger partial charge is 0.270 e. The fraction of sp³-hybridized carbons (Fsp3) is 0.462. The Balaban J connectivity index is 1.96. The Labute approximate surface area is 116 Å². The molecule has 2 atom stereocenters. The van der Waals surface area contributed by atoms with E-state index in [0.717, 1.165) is 19.3 Å². The Kier molecular flexibility index (Phi) is 4.52. The second-order valence-electron chi connectivity index (χ2n) is 4.76. The van der Waals surface area contributed by atoms with Gasteiger partial charge in [0, 0.05) is 24.9 Å². The molecule has 0 aliphatic heterocycles. The van der Waals surface area contributed by atoms with E-state index in [9.17, 15) is 4.79 Å². The molecule has 1 fully saturated rings. The van der Waals surface area contributed by atoms with Gasteiger partial charge in [-0.1, -0.05) is 5.16 Å². The Bertz CT molecular complexity index is 501. The first-order chi connectivity index (χ1) is 9.63. The molecule has 20 heavy (non-hydrogen) atoms. The summed E-state index contributed by atoms with van der Waals surface area (Å²) in [7, 11) is 1.68. The number of pyridine rings is 1. The number of methoxy groups -OCH3 is 1. The average molecular weight is 278 g/mol. The van der Waals surface area contributed by atoms with Crippen molar-refractivity contribution in [2.45, 2.75) is 31.4 Å². The topological polar surface area (TPSA) is 110 Å². The summed E-state index contributed by atoms with van der Waals surface area (Å²) in [5.74, 6) is -0.263. The van der Waals surface area contributed by atoms with Gasteiger partial charge in [-0.2, -0.15) is 0 Å². The first kappa shape index (κ1) is 14.3. The Morgan fingerprint density at radius 3 is 2.90 bits per heavy atom. The van der Waals surface area contributed by atoms with Gasteiger partial charge in [0.15, 0.2) is 5.84 Å². The van der Waals surface area contributed by atoms with Crippen LogP contribution in [0.5, 0.6) is 0 Å². The zero-order valence-electron chi connectivity index (χ0n) is 11.2. The molecule has 2 rings (SSSR count). The van der Waals surface area contributed by atoms with Gasteiger partial charge in [-0.3, -0.25) is 9.78 Å². The number of carbonyl (C=O) groups is 1. The van der Waals surface area contributed by atoms with Gasteiger partial charge in [-0.25, -0.2) is 0 Å². The normalized spacial score (nSPS) is 22.8. The summed E-state index contributed by atoms with van der Waals surface area (Å²) in [5, 5.41) is 14.4. The molecular weight excluding hydrogens is 260 g/mol. The van der Waals surface area contributed by atoms with Crippen LogP contribution in [0.2, 0.25) is 0 Å². The van der Waals surface area contributed by atoms with Gasteiger partial charge in [0.1, 0.15) is 5.69 Å². The number of carbonyl (C=O) groups excluding carboxylic acids is 1. The molecule has 1 amide bonds. The van der Waals surface area contributed by atoms with E-state index in [4.69, 9.17) is 15.7 Å². The number of amides is 1. The van der Waals surface area contributed by atoms with Crippen LogP contribution in [0.25, 0.3) is 0 Å². The first-order valence-electron chi connectivity index (χ1n) is 6.41. The molecule has 1 aromatic heterocycles. The Hall–Kier alpha value is -2.15. The van der Waals surface area contributed by atoms with E-state index < -0.39 is 0 Å². The van der Waals surface area contributed by atoms with Crippen molar-refractivity contribution in [3.8, 4) is 0 Å². The molecule has 0 aromatic carbocycles. The summed E-state index contributed by atoms with van der Waals surface area (Å²) in [6.45, 7) is 0. The number of aromatic nitrogens is 1. The van der Waals surface area contributed by atoms with Crippen molar-refractivity contribution in [1.82, 2.24) is 10.3 Å². The Morgan fingerprint density at radius 1 is 1.55 bits per heavy atom. The molecule has 7 nitrogen and oxygen atoms in total. The van der Waals surface area contributed by atoms with Crippen molar-refractivity contribution >= 4 is 11.7 Å². The number of nitrogens with two attached hydrogens (primary N) is 1. The standard InChI is InChI=1S/C13H18N4O3/c1-20-10-4-3-9(6-10)16-13(18)11-5-2-8(7-15-11)12(14)17-19/h2,5,7,9-10,19H,3-4,6H2,1H3,(H2,14,17)(H,16,18). The molecular formula is C13H18N4O3. The van der Waals surface area contributed by atoms with E-state index in [1.165, 1.54) is 6.20 Å². The van der Waals surface area contributed by atoms with Crippen LogP contribution in [0.3, 0.4) is 0 Å². The second kappa shape index (κ2) is 6.33. The van der Waals surface area contributed by atoms with Gasteiger partial charge >= 0.3 is 0 Å². The van der Waals surface area contributed by atoms with Gasteiger partial charge in [0.2, 0.25) is 0 Å². The highest BCUT2D eigenvalue weighted by molar-refractivity contribution is 5.98. The van der Waals surface area contributed by atoms with Crippen LogP contribution in [-0.2, 0) is 4.74 Å². The summed E-state index contributed by atoms with van der Waals surface area (Å²) in [5.41, 5.74) is 6.20. The minimum atomic E-state index is -0.224. The highest BCUT2D eigenvalue weighted by Gasteiger charge is 2.26. The van der Waals surface area contributed by atoms with Crippen LogP contribution < -0.4 is 11.1 Å². The van der Waals surface area contributed by atoms with Crippen LogP contribution in [0.4, 0.5) is 0 Å². The predicted molar refractivity (Wildman–Crippen MR) is 72.7 cm³/mol. The summed E-state index contributed by atoms with van der Waals surface area (Å²) in [6, 6.07) is 3.26. The fourth-order valence-corrected chi connectivity index (χ4v) is 2.28. The lowest BCUT2D eigenvalue weighted by atomic mass is 10.2. The zero-order chi connectivity index (χ0) is 14.5. The predicted octanol–water partition coefficient (Wildman–Crippen LogP) is 0.473. The molecule has 1 heterocycles. The fourth-order valence-electron chi connectivity index (χ4n) is 2.28. The second-order valence-corrected chi connectivity index (χ2v) is 4.76. The lowest BCUT2D eigenvalue weighted by Gasteiger charge is -2.12. The number of hydrogen-bond donors (Lipinski definition) is 3. The molecule has 2 unspecified atom stereocenters. The third-order valence-corrected chi connectivity index (χ3v) is 3.45. The van der Waals surface area contributed by atoms with Crippen LogP contribution in [-0.4, -0.2) is 41.2 Å². The van der Waals surface area contributed by atoms with Crippen LogP contribution in [0.1, 0.15) is 35.3 Å². The molecule has 0 spiro atoms. The van der Waals surface area contributed by atoms with E-state index in [-0.39, 0.29) is 23.9 Å². The van der Waals surface area contributed by atoms with Crippen molar-refractivity contribution in [3.63, 3.8) is 0 Å². The lowest BCUT2D eigenvalue weighted by Crippen LogP contribution is -2.34. The number of amidine groups is 1. The summed E-state index contributed by atoms with van der Waals surface area (Å²) in [4.78, 5) is 16.0. The molecule has 108 valence electrons. The Morgan fingerprint density at radius 2 is 2.35 bits per heavy atom. The van der Waals surface area contributed by atoms with Gasteiger partial charge in [0.25, 0.3) is 5.91 Å². The quantitative estimate of drug-likeness (QED) is 0.321. The summed E-state index contributed by atoms with van der Waals surface area (Å²) >= 11 is 0. The number of rotatable bonds is 4. The van der Waals surface area contributed by atoms with E-state index in [1.54, 1.807) is 19.2 Å². The molecule has 0 saturated heterocycles. The maximum Gasteiger partial charge on any atom is 0.270 e. The molecule has 1 saturated carbocycles. The van der Waals surface area contributed by atoms with Crippen molar-refractivity contribution in [2.24, 2.45) is 10.9 Å². The van der Waals surface area contributed by atoms with Gasteiger partial charge < -0.3 is 21.0 Å². The number of hydrogen-bond acceptors (Lipinski definition) is 5. The minimum Gasteiger partial charge on any atom is -0.409 e. The summed E-state index contributed by atoms with van der Waals surface area (Å²) < 4.78 is 5.27. The largest absolute Gasteiger partial charge is 0.409 e. The lowest BCUT2D eigenvalue weighted by molar-refractivity contribution is 0.0910. The molecule has 4 N–H and O–H groups in total. The van der Waals surface area contributed by atoms with E-state index in [1.807, 2.05) is 0 Å². The minimum absolute atomic E-state index is 0.0387. The molecule has 1 aliphatic rings. The van der Waals surface area contributed by atoms with Crippen LogP contribution in [0, 0.1) is 0 Å².